The van der Waals surface area contributed by atoms with E-state index in [1.165, 1.54) is 10.5 Å². The Morgan fingerprint density at radius 3 is 2.65 bits per heavy atom. The van der Waals surface area contributed by atoms with Crippen molar-refractivity contribution < 1.29 is 8.42 Å². The van der Waals surface area contributed by atoms with E-state index in [1.54, 1.807) is 17.0 Å². The molecule has 0 aliphatic carbocycles. The highest BCUT2D eigenvalue weighted by atomic mass is 32.2. The average molecular weight is 300 g/mol. The van der Waals surface area contributed by atoms with E-state index in [0.717, 1.165) is 6.54 Å². The lowest BCUT2D eigenvalue weighted by Gasteiger charge is -2.33. The minimum Gasteiger partial charge on any atom is -0.318 e. The number of nitrogens with zero attached hydrogens (tertiary/aromatic N) is 3. The molecule has 0 unspecified atom stereocenters. The van der Waals surface area contributed by atoms with Crippen LogP contribution in [0.4, 0.5) is 0 Å². The Balaban J connectivity index is 3.07. The summed E-state index contributed by atoms with van der Waals surface area (Å²) in [7, 11) is -1.73. The monoisotopic (exact) mass is 300 g/mol. The van der Waals surface area contributed by atoms with E-state index in [-0.39, 0.29) is 11.4 Å². The van der Waals surface area contributed by atoms with Crippen molar-refractivity contribution in [3.63, 3.8) is 0 Å². The van der Waals surface area contributed by atoms with Crippen LogP contribution in [-0.2, 0) is 16.6 Å². The zero-order chi connectivity index (χ0) is 15.4. The number of hydrogen-bond acceptors (Lipinski definition) is 4. The maximum atomic E-state index is 12.7. The Labute approximate surface area is 121 Å². The second-order valence-corrected chi connectivity index (χ2v) is 7.40. The van der Waals surface area contributed by atoms with Gasteiger partial charge in [0, 0.05) is 24.8 Å². The highest BCUT2D eigenvalue weighted by Crippen LogP contribution is 2.23. The van der Waals surface area contributed by atoms with E-state index in [9.17, 15) is 8.42 Å². The van der Waals surface area contributed by atoms with E-state index in [4.69, 9.17) is 0 Å². The molecule has 0 atom stereocenters. The smallest absolute Gasteiger partial charge is 0.246 e. The third-order valence-electron chi connectivity index (χ3n) is 2.83. The molecule has 0 bridgehead atoms. The van der Waals surface area contributed by atoms with Crippen LogP contribution < -0.4 is 5.32 Å². The number of sulfonamides is 1. The third-order valence-corrected chi connectivity index (χ3v) is 4.92. The van der Waals surface area contributed by atoms with Crippen LogP contribution in [-0.4, -0.2) is 48.2 Å². The number of hydrogen-bond donors (Lipinski definition) is 1. The van der Waals surface area contributed by atoms with Gasteiger partial charge < -0.3 is 5.32 Å². The van der Waals surface area contributed by atoms with Crippen molar-refractivity contribution in [1.82, 2.24) is 19.4 Å². The zero-order valence-electron chi connectivity index (χ0n) is 12.6. The first kappa shape index (κ1) is 16.9. The Kier molecular flexibility index (Phi) is 5.50. The van der Waals surface area contributed by atoms with Gasteiger partial charge in [-0.1, -0.05) is 6.08 Å². The van der Waals surface area contributed by atoms with Crippen LogP contribution in [0.5, 0.6) is 0 Å². The Morgan fingerprint density at radius 2 is 2.15 bits per heavy atom. The molecule has 1 heterocycles. The van der Waals surface area contributed by atoms with Gasteiger partial charge in [-0.2, -0.15) is 9.40 Å². The van der Waals surface area contributed by atoms with Gasteiger partial charge in [-0.3, -0.25) is 4.68 Å². The van der Waals surface area contributed by atoms with Crippen LogP contribution in [0.3, 0.4) is 0 Å². The molecule has 0 saturated carbocycles. The Hall–Kier alpha value is -1.18. The van der Waals surface area contributed by atoms with Crippen molar-refractivity contribution in [2.45, 2.75) is 37.8 Å². The van der Waals surface area contributed by atoms with E-state index in [1.807, 2.05) is 27.8 Å². The third kappa shape index (κ3) is 3.91. The lowest BCUT2D eigenvalue weighted by Crippen LogP contribution is -2.45. The average Bonchev–Trinajstić information content (AvgIpc) is 2.81. The SMILES string of the molecule is C=CCN(C(C)(C)C)S(=O)(=O)c1cnn(CCNC)c1. The molecule has 0 amide bonds. The molecule has 0 radical (unpaired) electrons. The molecule has 7 heteroatoms. The molecule has 1 aromatic heterocycles. The predicted molar refractivity (Wildman–Crippen MR) is 80.0 cm³/mol. The highest BCUT2D eigenvalue weighted by Gasteiger charge is 2.33. The number of rotatable bonds is 7. The first-order chi connectivity index (χ1) is 9.23. The second-order valence-electron chi connectivity index (χ2n) is 5.54. The lowest BCUT2D eigenvalue weighted by molar-refractivity contribution is 0.270. The summed E-state index contributed by atoms with van der Waals surface area (Å²) in [6.07, 6.45) is 4.55. The largest absolute Gasteiger partial charge is 0.318 e. The van der Waals surface area contributed by atoms with Crippen molar-refractivity contribution in [3.05, 3.63) is 25.0 Å². The van der Waals surface area contributed by atoms with Crippen LogP contribution in [0.25, 0.3) is 0 Å². The van der Waals surface area contributed by atoms with Crippen molar-refractivity contribution in [1.29, 1.82) is 0 Å². The first-order valence-corrected chi connectivity index (χ1v) is 7.98. The standard InChI is InChI=1S/C13H24N4O2S/c1-6-8-17(13(2,3)4)20(18,19)12-10-15-16(11-12)9-7-14-5/h6,10-11,14H,1,7-9H2,2-5H3. The normalized spacial score (nSPS) is 12.8. The molecule has 20 heavy (non-hydrogen) atoms. The topological polar surface area (TPSA) is 67.2 Å². The van der Waals surface area contributed by atoms with Crippen LogP contribution in [0, 0.1) is 0 Å². The summed E-state index contributed by atoms with van der Waals surface area (Å²) < 4.78 is 28.4. The molecule has 0 aliphatic rings. The van der Waals surface area contributed by atoms with Gasteiger partial charge in [0.25, 0.3) is 0 Å². The van der Waals surface area contributed by atoms with E-state index < -0.39 is 15.6 Å². The van der Waals surface area contributed by atoms with Crippen LogP contribution in [0.2, 0.25) is 0 Å². The van der Waals surface area contributed by atoms with Crippen molar-refractivity contribution >= 4 is 10.0 Å². The molecule has 0 aromatic carbocycles. The van der Waals surface area contributed by atoms with Crippen LogP contribution in [0.1, 0.15) is 20.8 Å². The van der Waals surface area contributed by atoms with Gasteiger partial charge in [0.15, 0.2) is 0 Å². The Bertz CT molecular complexity index is 543. The fourth-order valence-electron chi connectivity index (χ4n) is 1.80. The maximum absolute atomic E-state index is 12.7. The number of likely N-dealkylation sites (N-methyl/N-ethyl adjacent to an activating group) is 1. The molecule has 0 spiro atoms. The number of aromatic nitrogens is 2. The van der Waals surface area contributed by atoms with Crippen LogP contribution in [0.15, 0.2) is 29.9 Å². The summed E-state index contributed by atoms with van der Waals surface area (Å²) >= 11 is 0. The van der Waals surface area contributed by atoms with Crippen molar-refractivity contribution in [3.8, 4) is 0 Å². The summed E-state index contributed by atoms with van der Waals surface area (Å²) in [6.45, 7) is 10.8. The zero-order valence-corrected chi connectivity index (χ0v) is 13.4. The van der Waals surface area contributed by atoms with Crippen molar-refractivity contribution in [2.75, 3.05) is 20.1 Å². The Morgan fingerprint density at radius 1 is 1.50 bits per heavy atom. The molecule has 1 aromatic rings. The van der Waals surface area contributed by atoms with Gasteiger partial charge in [-0.25, -0.2) is 8.42 Å². The minimum atomic E-state index is -3.57. The lowest BCUT2D eigenvalue weighted by atomic mass is 10.1. The molecule has 0 fully saturated rings. The minimum absolute atomic E-state index is 0.213. The quantitative estimate of drug-likeness (QED) is 0.765. The molecule has 1 rings (SSSR count). The molecule has 1 N–H and O–H groups in total. The maximum Gasteiger partial charge on any atom is 0.246 e. The molecule has 6 nitrogen and oxygen atoms in total. The van der Waals surface area contributed by atoms with Crippen molar-refractivity contribution in [2.24, 2.45) is 0 Å². The molecule has 0 saturated heterocycles. The predicted octanol–water partition coefficient (Wildman–Crippen LogP) is 1.08. The molecule has 114 valence electrons. The van der Waals surface area contributed by atoms with Gasteiger partial charge in [-0.05, 0) is 27.8 Å². The summed E-state index contributed by atoms with van der Waals surface area (Å²) in [5, 5.41) is 7.09. The van der Waals surface area contributed by atoms with Crippen LogP contribution >= 0.6 is 0 Å². The van der Waals surface area contributed by atoms with Gasteiger partial charge in [-0.15, -0.1) is 6.58 Å². The highest BCUT2D eigenvalue weighted by molar-refractivity contribution is 7.89. The van der Waals surface area contributed by atoms with Gasteiger partial charge in [0.05, 0.1) is 12.7 Å². The summed E-state index contributed by atoms with van der Waals surface area (Å²) in [5.41, 5.74) is -0.514. The van der Waals surface area contributed by atoms with Gasteiger partial charge >= 0.3 is 0 Å². The van der Waals surface area contributed by atoms with Gasteiger partial charge in [0.2, 0.25) is 10.0 Å². The van der Waals surface area contributed by atoms with E-state index in [2.05, 4.69) is 17.0 Å². The second kappa shape index (κ2) is 6.51. The molecular formula is C13H24N4O2S. The summed E-state index contributed by atoms with van der Waals surface area (Å²) in [6, 6.07) is 0. The number of nitrogens with one attached hydrogen (secondary N) is 1. The van der Waals surface area contributed by atoms with E-state index in [0.29, 0.717) is 6.54 Å². The molecular weight excluding hydrogens is 276 g/mol. The van der Waals surface area contributed by atoms with Gasteiger partial charge in [0.1, 0.15) is 4.90 Å². The fraction of sp³-hybridized carbons (Fsp3) is 0.615. The van der Waals surface area contributed by atoms with E-state index >= 15 is 0 Å². The fourth-order valence-corrected chi connectivity index (χ4v) is 3.52. The summed E-state index contributed by atoms with van der Waals surface area (Å²) in [4.78, 5) is 0.213. The molecule has 0 aliphatic heterocycles. The summed E-state index contributed by atoms with van der Waals surface area (Å²) in [5.74, 6) is 0. The first-order valence-electron chi connectivity index (χ1n) is 6.54.